The first-order chi connectivity index (χ1) is 6.16. The molecule has 2 heterocycles. The van der Waals surface area contributed by atoms with E-state index in [1.165, 1.54) is 0 Å². The molecule has 1 saturated heterocycles. The summed E-state index contributed by atoms with van der Waals surface area (Å²) in [5.41, 5.74) is 0.887. The summed E-state index contributed by atoms with van der Waals surface area (Å²) in [7, 11) is 0. The number of nitrogens with one attached hydrogen (secondary N) is 1. The summed E-state index contributed by atoms with van der Waals surface area (Å²) in [6.45, 7) is 0.869. The second-order valence-corrected chi connectivity index (χ2v) is 3.40. The number of nitrogens with zero attached hydrogens (tertiary/aromatic N) is 2. The van der Waals surface area contributed by atoms with Gasteiger partial charge >= 0.3 is 0 Å². The number of alkyl halides is 2. The lowest BCUT2D eigenvalue weighted by atomic mass is 10.3. The van der Waals surface area contributed by atoms with E-state index in [-0.39, 0.29) is 13.0 Å². The quantitative estimate of drug-likeness (QED) is 0.755. The topological polar surface area (TPSA) is 31.9 Å². The minimum atomic E-state index is -2.50. The zero-order valence-electron chi connectivity index (χ0n) is 7.13. The standard InChI is InChI=1S/C8H11F2N3/c9-8(10)2-4-13(6-8)5-7-1-3-11-12-7/h1,3H,2,4-6H2,(H,11,12). The summed E-state index contributed by atoms with van der Waals surface area (Å²) in [6.07, 6.45) is 1.60. The molecule has 0 bridgehead atoms. The molecule has 1 N–H and O–H groups in total. The molecule has 2 rings (SSSR count). The Labute approximate surface area is 74.7 Å². The molecule has 72 valence electrons. The molecule has 1 aromatic rings. The van der Waals surface area contributed by atoms with Crippen molar-refractivity contribution in [3.8, 4) is 0 Å². The first kappa shape index (κ1) is 8.62. The van der Waals surface area contributed by atoms with E-state index in [4.69, 9.17) is 0 Å². The van der Waals surface area contributed by atoms with Gasteiger partial charge in [-0.3, -0.25) is 10.00 Å². The Morgan fingerprint density at radius 1 is 1.62 bits per heavy atom. The van der Waals surface area contributed by atoms with Crippen LogP contribution in [0.2, 0.25) is 0 Å². The Balaban J connectivity index is 1.91. The maximum Gasteiger partial charge on any atom is 0.261 e. The van der Waals surface area contributed by atoms with Crippen molar-refractivity contribution in [3.05, 3.63) is 18.0 Å². The average molecular weight is 187 g/mol. The minimum Gasteiger partial charge on any atom is -0.291 e. The van der Waals surface area contributed by atoms with Gasteiger partial charge < -0.3 is 0 Å². The van der Waals surface area contributed by atoms with E-state index in [2.05, 4.69) is 10.2 Å². The molecule has 0 atom stereocenters. The van der Waals surface area contributed by atoms with Crippen LogP contribution in [0.5, 0.6) is 0 Å². The predicted octanol–water partition coefficient (Wildman–Crippen LogP) is 1.25. The fourth-order valence-corrected chi connectivity index (χ4v) is 1.56. The van der Waals surface area contributed by atoms with Crippen LogP contribution in [-0.4, -0.2) is 34.1 Å². The maximum absolute atomic E-state index is 12.8. The minimum absolute atomic E-state index is 0.0266. The zero-order chi connectivity index (χ0) is 9.31. The normalized spacial score (nSPS) is 22.3. The molecule has 0 aromatic carbocycles. The van der Waals surface area contributed by atoms with Crippen LogP contribution in [0.1, 0.15) is 12.1 Å². The Bertz CT molecular complexity index is 271. The fraction of sp³-hybridized carbons (Fsp3) is 0.625. The smallest absolute Gasteiger partial charge is 0.261 e. The van der Waals surface area contributed by atoms with Gasteiger partial charge in [-0.1, -0.05) is 0 Å². The second kappa shape index (κ2) is 3.06. The monoisotopic (exact) mass is 187 g/mol. The van der Waals surface area contributed by atoms with Gasteiger partial charge in [0, 0.05) is 31.4 Å². The molecular weight excluding hydrogens is 176 g/mol. The van der Waals surface area contributed by atoms with Crippen LogP contribution in [0, 0.1) is 0 Å². The van der Waals surface area contributed by atoms with E-state index in [0.29, 0.717) is 13.1 Å². The highest BCUT2D eigenvalue weighted by atomic mass is 19.3. The van der Waals surface area contributed by atoms with Crippen LogP contribution in [-0.2, 0) is 6.54 Å². The average Bonchev–Trinajstić information content (AvgIpc) is 2.61. The lowest BCUT2D eigenvalue weighted by Gasteiger charge is -2.13. The van der Waals surface area contributed by atoms with Crippen LogP contribution >= 0.6 is 0 Å². The number of aromatic amines is 1. The van der Waals surface area contributed by atoms with Gasteiger partial charge in [0.25, 0.3) is 5.92 Å². The molecule has 0 amide bonds. The molecule has 0 aliphatic carbocycles. The van der Waals surface area contributed by atoms with Gasteiger partial charge in [0.2, 0.25) is 0 Å². The van der Waals surface area contributed by atoms with Crippen molar-refractivity contribution in [3.63, 3.8) is 0 Å². The number of halogens is 2. The summed E-state index contributed by atoms with van der Waals surface area (Å²) in [4.78, 5) is 1.73. The molecule has 1 aliphatic rings. The zero-order valence-corrected chi connectivity index (χ0v) is 7.13. The van der Waals surface area contributed by atoms with Gasteiger partial charge in [0.1, 0.15) is 0 Å². The highest BCUT2D eigenvalue weighted by molar-refractivity contribution is 4.98. The molecular formula is C8H11F2N3. The van der Waals surface area contributed by atoms with Crippen LogP contribution in [0.15, 0.2) is 12.3 Å². The largest absolute Gasteiger partial charge is 0.291 e. The van der Waals surface area contributed by atoms with Gasteiger partial charge in [-0.15, -0.1) is 0 Å². The molecule has 13 heavy (non-hydrogen) atoms. The first-order valence-electron chi connectivity index (χ1n) is 4.24. The molecule has 0 radical (unpaired) electrons. The molecule has 1 aromatic heterocycles. The maximum atomic E-state index is 12.8. The van der Waals surface area contributed by atoms with Gasteiger partial charge in [-0.05, 0) is 6.07 Å². The Morgan fingerprint density at radius 2 is 2.46 bits per heavy atom. The third kappa shape index (κ3) is 2.03. The van der Waals surface area contributed by atoms with Crippen molar-refractivity contribution >= 4 is 0 Å². The summed E-state index contributed by atoms with van der Waals surface area (Å²) in [5.74, 6) is -2.50. The van der Waals surface area contributed by atoms with Gasteiger partial charge in [-0.25, -0.2) is 8.78 Å². The van der Waals surface area contributed by atoms with Crippen molar-refractivity contribution in [2.24, 2.45) is 0 Å². The number of aromatic nitrogens is 2. The van der Waals surface area contributed by atoms with E-state index in [0.717, 1.165) is 5.69 Å². The SMILES string of the molecule is FC1(F)CCN(Cc2ccn[nH]2)C1. The van der Waals surface area contributed by atoms with Crippen LogP contribution < -0.4 is 0 Å². The van der Waals surface area contributed by atoms with Crippen molar-refractivity contribution in [1.82, 2.24) is 15.1 Å². The lowest BCUT2D eigenvalue weighted by Crippen LogP contribution is -2.24. The third-order valence-corrected chi connectivity index (χ3v) is 2.20. The number of H-pyrrole nitrogens is 1. The third-order valence-electron chi connectivity index (χ3n) is 2.20. The number of hydrogen-bond acceptors (Lipinski definition) is 2. The van der Waals surface area contributed by atoms with Gasteiger partial charge in [0.15, 0.2) is 0 Å². The molecule has 1 fully saturated rings. The van der Waals surface area contributed by atoms with Crippen molar-refractivity contribution in [2.45, 2.75) is 18.9 Å². The van der Waals surface area contributed by atoms with Gasteiger partial charge in [-0.2, -0.15) is 5.10 Å². The Hall–Kier alpha value is -0.970. The fourth-order valence-electron chi connectivity index (χ4n) is 1.56. The molecule has 1 aliphatic heterocycles. The molecule has 0 saturated carbocycles. The summed E-state index contributed by atoms with van der Waals surface area (Å²) in [5, 5.41) is 6.52. The first-order valence-corrected chi connectivity index (χ1v) is 4.24. The second-order valence-electron chi connectivity index (χ2n) is 3.40. The summed E-state index contributed by atoms with van der Waals surface area (Å²) >= 11 is 0. The molecule has 3 nitrogen and oxygen atoms in total. The van der Waals surface area contributed by atoms with E-state index >= 15 is 0 Å². The summed E-state index contributed by atoms with van der Waals surface area (Å²) in [6, 6.07) is 1.80. The van der Waals surface area contributed by atoms with Crippen molar-refractivity contribution in [2.75, 3.05) is 13.1 Å². The molecule has 5 heteroatoms. The highest BCUT2D eigenvalue weighted by Crippen LogP contribution is 2.27. The van der Waals surface area contributed by atoms with Crippen molar-refractivity contribution < 1.29 is 8.78 Å². The van der Waals surface area contributed by atoms with E-state index in [9.17, 15) is 8.78 Å². The summed E-state index contributed by atoms with van der Waals surface area (Å²) < 4.78 is 25.5. The van der Waals surface area contributed by atoms with E-state index in [1.807, 2.05) is 0 Å². The van der Waals surface area contributed by atoms with E-state index in [1.54, 1.807) is 17.2 Å². The predicted molar refractivity (Wildman–Crippen MR) is 43.4 cm³/mol. The van der Waals surface area contributed by atoms with Crippen molar-refractivity contribution in [1.29, 1.82) is 0 Å². The number of likely N-dealkylation sites (tertiary alicyclic amines) is 1. The Morgan fingerprint density at radius 3 is 3.00 bits per heavy atom. The van der Waals surface area contributed by atoms with E-state index < -0.39 is 5.92 Å². The molecule has 0 spiro atoms. The Kier molecular flexibility index (Phi) is 2.03. The highest BCUT2D eigenvalue weighted by Gasteiger charge is 2.37. The number of rotatable bonds is 2. The van der Waals surface area contributed by atoms with Crippen LogP contribution in [0.25, 0.3) is 0 Å². The van der Waals surface area contributed by atoms with Crippen LogP contribution in [0.4, 0.5) is 8.78 Å². The van der Waals surface area contributed by atoms with Crippen LogP contribution in [0.3, 0.4) is 0 Å². The van der Waals surface area contributed by atoms with Gasteiger partial charge in [0.05, 0.1) is 6.54 Å². The number of hydrogen-bond donors (Lipinski definition) is 1. The molecule has 0 unspecified atom stereocenters. The lowest BCUT2D eigenvalue weighted by molar-refractivity contribution is 0.0114.